The minimum atomic E-state index is -4.08. The third kappa shape index (κ3) is 3.61. The molecule has 30 heavy (non-hydrogen) atoms. The largest absolute Gasteiger partial charge is 0.465 e. The summed E-state index contributed by atoms with van der Waals surface area (Å²) in [5.74, 6) is -2.70. The summed E-state index contributed by atoms with van der Waals surface area (Å²) in [7, 11) is -4.08. The van der Waals surface area contributed by atoms with Crippen LogP contribution in [0.15, 0.2) is 53.4 Å². The van der Waals surface area contributed by atoms with Crippen LogP contribution in [-0.2, 0) is 28.9 Å². The molecule has 0 amide bonds. The van der Waals surface area contributed by atoms with Gasteiger partial charge in [-0.05, 0) is 50.6 Å². The van der Waals surface area contributed by atoms with E-state index in [2.05, 4.69) is 0 Å². The van der Waals surface area contributed by atoms with Crippen molar-refractivity contribution in [2.45, 2.75) is 36.8 Å². The Morgan fingerprint density at radius 1 is 0.933 bits per heavy atom. The van der Waals surface area contributed by atoms with Crippen LogP contribution in [-0.4, -0.2) is 38.8 Å². The molecule has 6 nitrogen and oxygen atoms in total. The first-order valence-electron chi connectivity index (χ1n) is 9.61. The molecule has 0 spiro atoms. The molecule has 2 atom stereocenters. The molecule has 3 rings (SSSR count). The number of hydrogen-bond donors (Lipinski definition) is 0. The minimum absolute atomic E-state index is 0.00825. The van der Waals surface area contributed by atoms with Gasteiger partial charge >= 0.3 is 11.9 Å². The van der Waals surface area contributed by atoms with Gasteiger partial charge in [0.1, 0.15) is 5.25 Å². The lowest BCUT2D eigenvalue weighted by atomic mass is 9.98. The summed E-state index contributed by atoms with van der Waals surface area (Å²) >= 11 is 5.89. The first-order valence-corrected chi connectivity index (χ1v) is 11.5. The summed E-state index contributed by atoms with van der Waals surface area (Å²) in [6, 6.07) is 12.7. The van der Waals surface area contributed by atoms with Crippen LogP contribution in [0.1, 0.15) is 30.9 Å². The van der Waals surface area contributed by atoms with Crippen LogP contribution >= 0.6 is 11.6 Å². The zero-order valence-electron chi connectivity index (χ0n) is 16.9. The van der Waals surface area contributed by atoms with Gasteiger partial charge in [-0.2, -0.15) is 0 Å². The molecule has 0 heterocycles. The molecule has 0 N–H and O–H groups in total. The quantitative estimate of drug-likeness (QED) is 0.472. The molecule has 0 radical (unpaired) electrons. The first-order chi connectivity index (χ1) is 14.2. The second kappa shape index (κ2) is 8.40. The van der Waals surface area contributed by atoms with Gasteiger partial charge in [-0.1, -0.05) is 41.4 Å². The van der Waals surface area contributed by atoms with Gasteiger partial charge in [0.15, 0.2) is 15.3 Å². The zero-order valence-corrected chi connectivity index (χ0v) is 18.5. The Bertz CT molecular complexity index is 1030. The SMILES string of the molecule is CCOC(=O)C1(C(=O)OCC)C(c2ccc(C)cc2)C1S(=O)(=O)c1ccc(Cl)cc1. The Hall–Kier alpha value is -2.38. The molecule has 1 saturated carbocycles. The lowest BCUT2D eigenvalue weighted by Crippen LogP contribution is -2.35. The lowest BCUT2D eigenvalue weighted by Gasteiger charge is -2.15. The maximum absolute atomic E-state index is 13.5. The Morgan fingerprint density at radius 3 is 1.90 bits per heavy atom. The first kappa shape index (κ1) is 22.3. The topological polar surface area (TPSA) is 86.7 Å². The summed E-state index contributed by atoms with van der Waals surface area (Å²) < 4.78 is 37.4. The molecule has 2 aromatic carbocycles. The molecular formula is C22H23ClO6S. The molecule has 2 unspecified atom stereocenters. The fourth-order valence-corrected chi connectivity index (χ4v) is 6.25. The van der Waals surface area contributed by atoms with E-state index in [1.54, 1.807) is 38.1 Å². The number of rotatable bonds is 7. The highest BCUT2D eigenvalue weighted by Gasteiger charge is 2.81. The highest BCUT2D eigenvalue weighted by atomic mass is 35.5. The summed E-state index contributed by atoms with van der Waals surface area (Å²) in [6.45, 7) is 5.11. The van der Waals surface area contributed by atoms with E-state index in [0.29, 0.717) is 10.6 Å². The number of esters is 2. The van der Waals surface area contributed by atoms with E-state index in [-0.39, 0.29) is 18.1 Å². The minimum Gasteiger partial charge on any atom is -0.465 e. The molecule has 2 aromatic rings. The maximum atomic E-state index is 13.5. The maximum Gasteiger partial charge on any atom is 0.325 e. The van der Waals surface area contributed by atoms with Gasteiger partial charge in [0, 0.05) is 10.9 Å². The molecule has 1 fully saturated rings. The van der Waals surface area contributed by atoms with Crippen molar-refractivity contribution < 1.29 is 27.5 Å². The van der Waals surface area contributed by atoms with Crippen LogP contribution in [0.4, 0.5) is 0 Å². The van der Waals surface area contributed by atoms with Crippen molar-refractivity contribution >= 4 is 33.4 Å². The third-order valence-electron chi connectivity index (χ3n) is 5.27. The number of halogens is 1. The van der Waals surface area contributed by atoms with Crippen LogP contribution in [0.3, 0.4) is 0 Å². The number of sulfone groups is 1. The number of benzene rings is 2. The van der Waals surface area contributed by atoms with Gasteiger partial charge in [-0.15, -0.1) is 0 Å². The standard InChI is InChI=1S/C22H23ClO6S/c1-4-28-20(24)22(21(25)29-5-2)18(15-8-6-14(3)7-9-15)19(22)30(26,27)17-12-10-16(23)11-13-17/h6-13,18-19H,4-5H2,1-3H3. The summed E-state index contributed by atoms with van der Waals surface area (Å²) in [5.41, 5.74) is -0.432. The third-order valence-corrected chi connectivity index (χ3v) is 7.77. The number of ether oxygens (including phenoxy) is 2. The normalized spacial score (nSPS) is 19.7. The van der Waals surface area contributed by atoms with Crippen molar-refractivity contribution in [2.24, 2.45) is 5.41 Å². The van der Waals surface area contributed by atoms with Crippen molar-refractivity contribution in [3.8, 4) is 0 Å². The molecule has 8 heteroatoms. The second-order valence-corrected chi connectivity index (χ2v) is 9.62. The van der Waals surface area contributed by atoms with Gasteiger partial charge in [-0.3, -0.25) is 9.59 Å². The van der Waals surface area contributed by atoms with Crippen molar-refractivity contribution in [3.63, 3.8) is 0 Å². The molecule has 1 aliphatic rings. The van der Waals surface area contributed by atoms with Crippen molar-refractivity contribution in [1.29, 1.82) is 0 Å². The molecule has 1 aliphatic carbocycles. The van der Waals surface area contributed by atoms with Crippen molar-refractivity contribution in [3.05, 3.63) is 64.7 Å². The van der Waals surface area contributed by atoms with Gasteiger partial charge < -0.3 is 9.47 Å². The Labute approximate surface area is 181 Å². The molecule has 0 aliphatic heterocycles. The van der Waals surface area contributed by atoms with Gasteiger partial charge in [0.2, 0.25) is 0 Å². The van der Waals surface area contributed by atoms with E-state index in [1.165, 1.54) is 24.3 Å². The number of aryl methyl sites for hydroxylation is 1. The number of hydrogen-bond acceptors (Lipinski definition) is 6. The lowest BCUT2D eigenvalue weighted by molar-refractivity contribution is -0.164. The van der Waals surface area contributed by atoms with E-state index < -0.39 is 38.4 Å². The fourth-order valence-electron chi connectivity index (χ4n) is 3.83. The molecule has 0 bridgehead atoms. The summed E-state index contributed by atoms with van der Waals surface area (Å²) in [6.07, 6.45) is 0. The summed E-state index contributed by atoms with van der Waals surface area (Å²) in [5, 5.41) is -0.964. The van der Waals surface area contributed by atoms with E-state index in [1.807, 2.05) is 6.92 Å². The predicted molar refractivity (Wildman–Crippen MR) is 112 cm³/mol. The van der Waals surface area contributed by atoms with Crippen LogP contribution in [0.2, 0.25) is 5.02 Å². The number of carbonyl (C=O) groups excluding carboxylic acids is 2. The molecular weight excluding hydrogens is 428 g/mol. The number of carbonyl (C=O) groups is 2. The van der Waals surface area contributed by atoms with Gasteiger partial charge in [0.05, 0.1) is 18.1 Å². The predicted octanol–water partition coefficient (Wildman–Crippen LogP) is 3.70. The molecule has 160 valence electrons. The summed E-state index contributed by atoms with van der Waals surface area (Å²) in [4.78, 5) is 26.0. The van der Waals surface area contributed by atoms with E-state index in [0.717, 1.165) is 5.56 Å². The van der Waals surface area contributed by atoms with E-state index in [4.69, 9.17) is 21.1 Å². The van der Waals surface area contributed by atoms with Crippen molar-refractivity contribution in [1.82, 2.24) is 0 Å². The Morgan fingerprint density at radius 2 is 1.43 bits per heavy atom. The van der Waals surface area contributed by atoms with E-state index >= 15 is 0 Å². The van der Waals surface area contributed by atoms with Gasteiger partial charge in [0.25, 0.3) is 0 Å². The average molecular weight is 451 g/mol. The van der Waals surface area contributed by atoms with Crippen LogP contribution in [0.25, 0.3) is 0 Å². The van der Waals surface area contributed by atoms with Crippen molar-refractivity contribution in [2.75, 3.05) is 13.2 Å². The Balaban J connectivity index is 2.19. The highest BCUT2D eigenvalue weighted by molar-refractivity contribution is 7.92. The molecule has 0 saturated heterocycles. The van der Waals surface area contributed by atoms with Crippen LogP contribution < -0.4 is 0 Å². The Kier molecular flexibility index (Phi) is 6.24. The molecule has 0 aromatic heterocycles. The monoisotopic (exact) mass is 450 g/mol. The van der Waals surface area contributed by atoms with Crippen LogP contribution in [0.5, 0.6) is 0 Å². The average Bonchev–Trinajstić information content (AvgIpc) is 3.42. The highest BCUT2D eigenvalue weighted by Crippen LogP contribution is 2.65. The van der Waals surface area contributed by atoms with Gasteiger partial charge in [-0.25, -0.2) is 8.42 Å². The second-order valence-electron chi connectivity index (χ2n) is 7.12. The van der Waals surface area contributed by atoms with Crippen LogP contribution in [0, 0.1) is 12.3 Å². The fraction of sp³-hybridized carbons (Fsp3) is 0.364. The smallest absolute Gasteiger partial charge is 0.325 e. The van der Waals surface area contributed by atoms with E-state index in [9.17, 15) is 18.0 Å². The zero-order chi connectivity index (χ0) is 22.1.